The third-order valence-corrected chi connectivity index (χ3v) is 3.58. The van der Waals surface area contributed by atoms with E-state index in [2.05, 4.69) is 36.3 Å². The molecule has 0 saturated carbocycles. The average molecular weight is 356 g/mol. The highest BCUT2D eigenvalue weighted by molar-refractivity contribution is 9.10. The first kappa shape index (κ1) is 15.0. The first-order valence-corrected chi connectivity index (χ1v) is 7.61. The number of hydrogen-bond donors (Lipinski definition) is 2. The average Bonchev–Trinajstić information content (AvgIpc) is 2.47. The van der Waals surface area contributed by atoms with E-state index in [4.69, 9.17) is 10.6 Å². The molecule has 0 aliphatic heterocycles. The van der Waals surface area contributed by atoms with Crippen LogP contribution < -0.4 is 16.0 Å². The minimum atomic E-state index is 0.273. The molecule has 0 radical (unpaired) electrons. The Kier molecular flexibility index (Phi) is 5.57. The molecule has 0 aliphatic rings. The summed E-state index contributed by atoms with van der Waals surface area (Å²) in [7, 11) is 0. The molecule has 0 spiro atoms. The molecule has 1 aromatic heterocycles. The first-order chi connectivity index (χ1) is 9.71. The van der Waals surface area contributed by atoms with Crippen molar-refractivity contribution in [1.82, 2.24) is 15.0 Å². The molecule has 1 aromatic carbocycles. The quantitative estimate of drug-likeness (QED) is 0.608. The first-order valence-electron chi connectivity index (χ1n) is 6.00. The maximum absolute atomic E-state index is 5.42. The number of nitrogens with zero attached hydrogens (tertiary/aromatic N) is 3. The summed E-state index contributed by atoms with van der Waals surface area (Å²) in [4.78, 5) is 13.5. The van der Waals surface area contributed by atoms with Crippen molar-refractivity contribution in [3.8, 4) is 6.01 Å². The fraction of sp³-hybridized carbons (Fsp3) is 0.250. The van der Waals surface area contributed by atoms with Gasteiger partial charge in [0.05, 0.1) is 6.61 Å². The molecule has 20 heavy (non-hydrogen) atoms. The van der Waals surface area contributed by atoms with E-state index in [9.17, 15) is 0 Å². The number of benzene rings is 1. The Hall–Kier alpha value is -1.38. The van der Waals surface area contributed by atoms with Crippen LogP contribution in [0.4, 0.5) is 5.95 Å². The van der Waals surface area contributed by atoms with Crippen LogP contribution in [0.25, 0.3) is 0 Å². The normalized spacial score (nSPS) is 10.3. The number of halogens is 1. The SMILES string of the molecule is CCCOc1nc(NN)nc(Sc2ccc(Br)cc2)n1. The smallest absolute Gasteiger partial charge is 0.322 e. The summed E-state index contributed by atoms with van der Waals surface area (Å²) in [6.45, 7) is 2.57. The molecule has 2 rings (SSSR count). The molecular formula is C12H14BrN5OS. The molecule has 0 bridgehead atoms. The highest BCUT2D eigenvalue weighted by Crippen LogP contribution is 2.27. The Morgan fingerprint density at radius 3 is 2.65 bits per heavy atom. The molecule has 2 aromatic rings. The van der Waals surface area contributed by atoms with Gasteiger partial charge in [0.1, 0.15) is 0 Å². The highest BCUT2D eigenvalue weighted by atomic mass is 79.9. The van der Waals surface area contributed by atoms with Gasteiger partial charge in [-0.1, -0.05) is 22.9 Å². The minimum Gasteiger partial charge on any atom is -0.463 e. The van der Waals surface area contributed by atoms with E-state index < -0.39 is 0 Å². The third-order valence-electron chi connectivity index (χ3n) is 2.18. The fourth-order valence-corrected chi connectivity index (χ4v) is 2.32. The van der Waals surface area contributed by atoms with Crippen LogP contribution in [-0.2, 0) is 0 Å². The van der Waals surface area contributed by atoms with Crippen molar-refractivity contribution in [1.29, 1.82) is 0 Å². The number of nitrogens with one attached hydrogen (secondary N) is 1. The van der Waals surface area contributed by atoms with Gasteiger partial charge < -0.3 is 4.74 Å². The van der Waals surface area contributed by atoms with E-state index >= 15 is 0 Å². The molecule has 0 fully saturated rings. The second-order valence-electron chi connectivity index (χ2n) is 3.77. The molecule has 106 valence electrons. The molecule has 0 aliphatic carbocycles. The number of hydrogen-bond acceptors (Lipinski definition) is 7. The molecule has 1 heterocycles. The van der Waals surface area contributed by atoms with Gasteiger partial charge in [-0.3, -0.25) is 5.43 Å². The lowest BCUT2D eigenvalue weighted by Gasteiger charge is -2.07. The monoisotopic (exact) mass is 355 g/mol. The second-order valence-corrected chi connectivity index (χ2v) is 5.73. The summed E-state index contributed by atoms with van der Waals surface area (Å²) >= 11 is 4.81. The fourth-order valence-electron chi connectivity index (χ4n) is 1.31. The summed E-state index contributed by atoms with van der Waals surface area (Å²) in [6, 6.07) is 8.14. The summed E-state index contributed by atoms with van der Waals surface area (Å²) in [5, 5.41) is 0.529. The lowest BCUT2D eigenvalue weighted by atomic mass is 10.4. The molecule has 8 heteroatoms. The Labute approximate surface area is 129 Å². The zero-order valence-corrected chi connectivity index (χ0v) is 13.2. The zero-order valence-electron chi connectivity index (χ0n) is 10.8. The van der Waals surface area contributed by atoms with Crippen LogP contribution in [0.5, 0.6) is 6.01 Å². The van der Waals surface area contributed by atoms with Crippen molar-refractivity contribution >= 4 is 33.6 Å². The summed E-state index contributed by atoms with van der Waals surface area (Å²) in [5.74, 6) is 5.64. The number of nitrogens with two attached hydrogens (primary N) is 1. The van der Waals surface area contributed by atoms with Gasteiger partial charge >= 0.3 is 6.01 Å². The maximum Gasteiger partial charge on any atom is 0.322 e. The third kappa shape index (κ3) is 4.32. The van der Waals surface area contributed by atoms with Crippen LogP contribution in [0, 0.1) is 0 Å². The summed E-state index contributed by atoms with van der Waals surface area (Å²) < 4.78 is 6.44. The van der Waals surface area contributed by atoms with Crippen molar-refractivity contribution in [2.24, 2.45) is 5.84 Å². The molecule has 0 atom stereocenters. The van der Waals surface area contributed by atoms with Gasteiger partial charge in [-0.25, -0.2) is 5.84 Å². The topological polar surface area (TPSA) is 86.0 Å². The van der Waals surface area contributed by atoms with Crippen LogP contribution in [0.2, 0.25) is 0 Å². The van der Waals surface area contributed by atoms with E-state index in [-0.39, 0.29) is 12.0 Å². The number of aromatic nitrogens is 3. The molecule has 0 amide bonds. The van der Waals surface area contributed by atoms with Gasteiger partial charge in [-0.15, -0.1) is 0 Å². The van der Waals surface area contributed by atoms with Crippen molar-refractivity contribution in [2.75, 3.05) is 12.0 Å². The van der Waals surface area contributed by atoms with E-state index in [0.29, 0.717) is 11.8 Å². The molecule has 6 nitrogen and oxygen atoms in total. The Morgan fingerprint density at radius 2 is 2.00 bits per heavy atom. The van der Waals surface area contributed by atoms with Gasteiger partial charge in [0.15, 0.2) is 0 Å². The lowest BCUT2D eigenvalue weighted by molar-refractivity contribution is 0.288. The van der Waals surface area contributed by atoms with Crippen molar-refractivity contribution in [2.45, 2.75) is 23.4 Å². The zero-order chi connectivity index (χ0) is 14.4. The van der Waals surface area contributed by atoms with Crippen LogP contribution in [0.3, 0.4) is 0 Å². The van der Waals surface area contributed by atoms with Crippen LogP contribution in [0.15, 0.2) is 38.8 Å². The second kappa shape index (κ2) is 7.41. The van der Waals surface area contributed by atoms with Gasteiger partial charge in [-0.2, -0.15) is 15.0 Å². The standard InChI is InChI=1S/C12H14BrN5OS/c1-2-7-19-11-15-10(18-14)16-12(17-11)20-9-5-3-8(13)4-6-9/h3-6H,2,7,14H2,1H3,(H,15,16,17,18). The van der Waals surface area contributed by atoms with E-state index in [0.717, 1.165) is 15.8 Å². The van der Waals surface area contributed by atoms with Crippen molar-refractivity contribution < 1.29 is 4.74 Å². The van der Waals surface area contributed by atoms with Crippen LogP contribution in [-0.4, -0.2) is 21.6 Å². The lowest BCUT2D eigenvalue weighted by Crippen LogP contribution is -2.13. The highest BCUT2D eigenvalue weighted by Gasteiger charge is 2.08. The number of nitrogen functional groups attached to an aromatic ring is 1. The van der Waals surface area contributed by atoms with Crippen molar-refractivity contribution in [3.05, 3.63) is 28.7 Å². The largest absolute Gasteiger partial charge is 0.463 e. The van der Waals surface area contributed by atoms with Gasteiger partial charge in [0, 0.05) is 9.37 Å². The number of anilines is 1. The predicted molar refractivity (Wildman–Crippen MR) is 81.7 cm³/mol. The van der Waals surface area contributed by atoms with Crippen molar-refractivity contribution in [3.63, 3.8) is 0 Å². The van der Waals surface area contributed by atoms with E-state index in [1.807, 2.05) is 31.2 Å². The van der Waals surface area contributed by atoms with Gasteiger partial charge in [0.25, 0.3) is 0 Å². The Morgan fingerprint density at radius 1 is 1.25 bits per heavy atom. The summed E-state index contributed by atoms with van der Waals surface area (Å²) in [6.07, 6.45) is 0.881. The maximum atomic E-state index is 5.42. The number of rotatable bonds is 6. The molecular weight excluding hydrogens is 342 g/mol. The molecule has 0 unspecified atom stereocenters. The van der Waals surface area contributed by atoms with Crippen LogP contribution >= 0.6 is 27.7 Å². The predicted octanol–water partition coefficient (Wildman–Crippen LogP) is 2.86. The van der Waals surface area contributed by atoms with E-state index in [1.165, 1.54) is 11.8 Å². The molecule has 3 N–H and O–H groups in total. The Balaban J connectivity index is 2.19. The van der Waals surface area contributed by atoms with E-state index in [1.54, 1.807) is 0 Å². The summed E-state index contributed by atoms with van der Waals surface area (Å²) in [5.41, 5.74) is 2.42. The minimum absolute atomic E-state index is 0.273. The molecule has 0 saturated heterocycles. The number of ether oxygens (including phenoxy) is 1. The van der Waals surface area contributed by atoms with Crippen LogP contribution in [0.1, 0.15) is 13.3 Å². The van der Waals surface area contributed by atoms with Gasteiger partial charge in [0.2, 0.25) is 11.1 Å². The van der Waals surface area contributed by atoms with Gasteiger partial charge in [-0.05, 0) is 42.4 Å². The Bertz CT molecular complexity index is 566. The number of hydrazine groups is 1.